The second-order valence-corrected chi connectivity index (χ2v) is 8.93. The second-order valence-electron chi connectivity index (χ2n) is 8.93. The standard InChI is InChI=1S/C27H33NO5/c1-17(2)16-33-22-12-11-21(15-19(22)4)25(29)23-24(20-9-7-18(3)8-10-20)28(13-6-14-32-5)27(31)26(23)30/h7-12,15,17,24,29H,6,13-14,16H2,1-5H3/t24-/m0/s1. The molecule has 0 aromatic heterocycles. The smallest absolute Gasteiger partial charge is 0.295 e. The van der Waals surface area contributed by atoms with E-state index in [2.05, 4.69) is 13.8 Å². The van der Waals surface area contributed by atoms with Gasteiger partial charge in [0, 0.05) is 25.8 Å². The third kappa shape index (κ3) is 5.45. The van der Waals surface area contributed by atoms with Gasteiger partial charge in [-0.15, -0.1) is 0 Å². The molecule has 0 saturated carbocycles. The van der Waals surface area contributed by atoms with E-state index in [-0.39, 0.29) is 11.3 Å². The minimum atomic E-state index is -0.673. The summed E-state index contributed by atoms with van der Waals surface area (Å²) in [4.78, 5) is 27.5. The number of ether oxygens (including phenoxy) is 2. The van der Waals surface area contributed by atoms with Crippen molar-refractivity contribution in [3.63, 3.8) is 0 Å². The van der Waals surface area contributed by atoms with Crippen molar-refractivity contribution in [2.24, 2.45) is 5.92 Å². The van der Waals surface area contributed by atoms with Crippen molar-refractivity contribution in [2.45, 2.75) is 40.2 Å². The molecule has 0 radical (unpaired) electrons. The highest BCUT2D eigenvalue weighted by Gasteiger charge is 2.45. The van der Waals surface area contributed by atoms with E-state index in [9.17, 15) is 14.7 Å². The molecule has 33 heavy (non-hydrogen) atoms. The molecule has 1 N–H and O–H groups in total. The molecule has 1 saturated heterocycles. The average Bonchev–Trinajstić information content (AvgIpc) is 3.03. The van der Waals surface area contributed by atoms with E-state index in [0.717, 1.165) is 22.4 Å². The predicted octanol–water partition coefficient (Wildman–Crippen LogP) is 4.80. The number of likely N-dealkylation sites (tertiary alicyclic amines) is 1. The van der Waals surface area contributed by atoms with Gasteiger partial charge in [-0.1, -0.05) is 43.7 Å². The first-order valence-corrected chi connectivity index (χ1v) is 11.3. The number of carbonyl (C=O) groups excluding carboxylic acids is 2. The number of Topliss-reactive ketones (excluding diaryl/α,β-unsaturated/α-hetero) is 1. The molecule has 3 rings (SSSR count). The summed E-state index contributed by atoms with van der Waals surface area (Å²) in [5, 5.41) is 11.2. The molecule has 6 nitrogen and oxygen atoms in total. The highest BCUT2D eigenvalue weighted by atomic mass is 16.5. The summed E-state index contributed by atoms with van der Waals surface area (Å²) in [5.41, 5.74) is 3.30. The van der Waals surface area contributed by atoms with Crippen LogP contribution in [0.2, 0.25) is 0 Å². The molecule has 1 aliphatic rings. The molecule has 1 fully saturated rings. The Labute approximate surface area is 195 Å². The van der Waals surface area contributed by atoms with E-state index in [4.69, 9.17) is 9.47 Å². The van der Waals surface area contributed by atoms with Crippen LogP contribution in [0.4, 0.5) is 0 Å². The highest BCUT2D eigenvalue weighted by molar-refractivity contribution is 6.46. The first-order chi connectivity index (χ1) is 15.7. The summed E-state index contributed by atoms with van der Waals surface area (Å²) >= 11 is 0. The van der Waals surface area contributed by atoms with Crippen LogP contribution in [0.1, 0.15) is 48.6 Å². The van der Waals surface area contributed by atoms with Gasteiger partial charge in [0.15, 0.2) is 0 Å². The Bertz CT molecular complexity index is 1040. The first-order valence-electron chi connectivity index (χ1n) is 11.3. The lowest BCUT2D eigenvalue weighted by Gasteiger charge is -2.25. The average molecular weight is 452 g/mol. The normalized spacial score (nSPS) is 17.8. The Balaban J connectivity index is 2.04. The Hall–Kier alpha value is -3.12. The van der Waals surface area contributed by atoms with E-state index in [1.165, 1.54) is 4.90 Å². The molecule has 176 valence electrons. The lowest BCUT2D eigenvalue weighted by atomic mass is 9.94. The lowest BCUT2D eigenvalue weighted by molar-refractivity contribution is -0.140. The minimum absolute atomic E-state index is 0.108. The van der Waals surface area contributed by atoms with Gasteiger partial charge in [-0.25, -0.2) is 0 Å². The summed E-state index contributed by atoms with van der Waals surface area (Å²) < 4.78 is 11.0. The number of benzene rings is 2. The molecule has 1 heterocycles. The van der Waals surface area contributed by atoms with E-state index in [0.29, 0.717) is 37.7 Å². The van der Waals surface area contributed by atoms with Crippen LogP contribution >= 0.6 is 0 Å². The van der Waals surface area contributed by atoms with Crippen molar-refractivity contribution >= 4 is 17.4 Å². The molecule has 0 bridgehead atoms. The number of rotatable bonds is 9. The van der Waals surface area contributed by atoms with E-state index >= 15 is 0 Å². The number of aliphatic hydroxyl groups excluding tert-OH is 1. The van der Waals surface area contributed by atoms with E-state index in [1.807, 2.05) is 38.1 Å². The van der Waals surface area contributed by atoms with Crippen LogP contribution in [0.3, 0.4) is 0 Å². The molecular formula is C27H33NO5. The van der Waals surface area contributed by atoms with Gasteiger partial charge in [0.05, 0.1) is 18.2 Å². The molecule has 0 aliphatic carbocycles. The summed E-state index contributed by atoms with van der Waals surface area (Å²) in [6.07, 6.45) is 0.590. The van der Waals surface area contributed by atoms with Gasteiger partial charge in [-0.05, 0) is 55.5 Å². The van der Waals surface area contributed by atoms with Crippen molar-refractivity contribution in [3.8, 4) is 5.75 Å². The van der Waals surface area contributed by atoms with Gasteiger partial charge in [0.25, 0.3) is 11.7 Å². The van der Waals surface area contributed by atoms with Crippen LogP contribution in [-0.2, 0) is 14.3 Å². The fourth-order valence-electron chi connectivity index (χ4n) is 3.96. The molecule has 1 atom stereocenters. The van der Waals surface area contributed by atoms with Gasteiger partial charge in [-0.3, -0.25) is 9.59 Å². The summed E-state index contributed by atoms with van der Waals surface area (Å²) in [6.45, 7) is 9.44. The Morgan fingerprint density at radius 3 is 2.39 bits per heavy atom. The number of ketones is 1. The van der Waals surface area contributed by atoms with Crippen LogP contribution in [0.25, 0.3) is 5.76 Å². The van der Waals surface area contributed by atoms with Crippen molar-refractivity contribution in [1.82, 2.24) is 4.90 Å². The van der Waals surface area contributed by atoms with Crippen LogP contribution in [0, 0.1) is 19.8 Å². The quantitative estimate of drug-likeness (QED) is 0.257. The fraction of sp³-hybridized carbons (Fsp3) is 0.407. The topological polar surface area (TPSA) is 76.1 Å². The van der Waals surface area contributed by atoms with Crippen molar-refractivity contribution in [2.75, 3.05) is 26.9 Å². The Morgan fingerprint density at radius 1 is 1.09 bits per heavy atom. The van der Waals surface area contributed by atoms with Crippen LogP contribution in [0.15, 0.2) is 48.0 Å². The molecule has 0 unspecified atom stereocenters. The number of aliphatic hydroxyl groups is 1. The largest absolute Gasteiger partial charge is 0.507 e. The molecular weight excluding hydrogens is 418 g/mol. The third-order valence-corrected chi connectivity index (χ3v) is 5.70. The fourth-order valence-corrected chi connectivity index (χ4v) is 3.96. The lowest BCUT2D eigenvalue weighted by Crippen LogP contribution is -2.31. The molecule has 1 amide bonds. The third-order valence-electron chi connectivity index (χ3n) is 5.70. The number of amides is 1. The minimum Gasteiger partial charge on any atom is -0.507 e. The number of aryl methyl sites for hydroxylation is 2. The highest BCUT2D eigenvalue weighted by Crippen LogP contribution is 2.40. The number of hydrogen-bond acceptors (Lipinski definition) is 5. The zero-order valence-corrected chi connectivity index (χ0v) is 20.1. The molecule has 0 spiro atoms. The maximum Gasteiger partial charge on any atom is 0.295 e. The number of nitrogens with zero attached hydrogens (tertiary/aromatic N) is 1. The molecule has 2 aromatic rings. The first kappa shape index (κ1) is 24.5. The van der Waals surface area contributed by atoms with Crippen molar-refractivity contribution in [3.05, 3.63) is 70.3 Å². The van der Waals surface area contributed by atoms with Gasteiger partial charge >= 0.3 is 0 Å². The van der Waals surface area contributed by atoms with E-state index in [1.54, 1.807) is 25.3 Å². The maximum absolute atomic E-state index is 13.1. The van der Waals surface area contributed by atoms with Gasteiger partial charge < -0.3 is 19.5 Å². The number of hydrogen-bond donors (Lipinski definition) is 1. The van der Waals surface area contributed by atoms with Crippen LogP contribution in [0.5, 0.6) is 5.75 Å². The van der Waals surface area contributed by atoms with Crippen molar-refractivity contribution < 1.29 is 24.2 Å². The van der Waals surface area contributed by atoms with E-state index < -0.39 is 17.7 Å². The van der Waals surface area contributed by atoms with Gasteiger partial charge in [0.2, 0.25) is 0 Å². The number of carbonyl (C=O) groups is 2. The van der Waals surface area contributed by atoms with Crippen LogP contribution < -0.4 is 4.74 Å². The molecule has 1 aliphatic heterocycles. The van der Waals surface area contributed by atoms with Gasteiger partial charge in [-0.2, -0.15) is 0 Å². The Morgan fingerprint density at radius 2 is 1.79 bits per heavy atom. The zero-order chi connectivity index (χ0) is 24.1. The predicted molar refractivity (Wildman–Crippen MR) is 128 cm³/mol. The SMILES string of the molecule is COCCCN1C(=O)C(=O)C(=C(O)c2ccc(OCC(C)C)c(C)c2)[C@@H]1c1ccc(C)cc1. The monoisotopic (exact) mass is 451 g/mol. The second kappa shape index (κ2) is 10.7. The Kier molecular flexibility index (Phi) is 7.92. The summed E-state index contributed by atoms with van der Waals surface area (Å²) in [5.74, 6) is -0.330. The summed E-state index contributed by atoms with van der Waals surface area (Å²) in [7, 11) is 1.60. The summed E-state index contributed by atoms with van der Waals surface area (Å²) in [6, 6.07) is 12.3. The molecule has 6 heteroatoms. The number of methoxy groups -OCH3 is 1. The van der Waals surface area contributed by atoms with Crippen LogP contribution in [-0.4, -0.2) is 48.6 Å². The maximum atomic E-state index is 13.1. The zero-order valence-electron chi connectivity index (χ0n) is 20.1. The van der Waals surface area contributed by atoms with Gasteiger partial charge in [0.1, 0.15) is 11.5 Å². The van der Waals surface area contributed by atoms with Crippen molar-refractivity contribution in [1.29, 1.82) is 0 Å². The molecule has 2 aromatic carbocycles.